The van der Waals surface area contributed by atoms with Gasteiger partial charge in [0.05, 0.1) is 22.2 Å². The average Bonchev–Trinajstić information content (AvgIpc) is 3.27. The van der Waals surface area contributed by atoms with E-state index in [4.69, 9.17) is 0 Å². The van der Waals surface area contributed by atoms with Crippen LogP contribution in [0.5, 0.6) is 5.75 Å². The van der Waals surface area contributed by atoms with Crippen LogP contribution in [0, 0.1) is 20.8 Å². The van der Waals surface area contributed by atoms with E-state index in [1.54, 1.807) is 25.1 Å². The minimum atomic E-state index is -0.976. The predicted octanol–water partition coefficient (Wildman–Crippen LogP) is 4.60. The largest absolute Gasteiger partial charge is 0.508 e. The number of carbonyl (C=O) groups excluding carboxylic acids is 3. The molecule has 4 rings (SSSR count). The van der Waals surface area contributed by atoms with Crippen LogP contribution in [0.15, 0.2) is 48.0 Å². The van der Waals surface area contributed by atoms with Crippen molar-refractivity contribution < 1.29 is 24.6 Å². The molecular weight excluding hydrogens is 440 g/mol. The molecule has 0 spiro atoms. The van der Waals surface area contributed by atoms with Gasteiger partial charge in [0.25, 0.3) is 5.78 Å². The first kappa shape index (κ1) is 22.4. The molecule has 8 heteroatoms. The monoisotopic (exact) mass is 462 g/mol. The standard InChI is InChI=1S/C25H22N2O5S/c1-12-5-6-13(2)18(11-12)21(30)19-20(16-7-9-17(29)10-8-16)27(24(32)22(19)31)25-26-14(3)23(33-25)15(4)28/h5-11,20,29-30H,1-4H3/t20-/m0/s1. The summed E-state index contributed by atoms with van der Waals surface area (Å²) >= 11 is 1.03. The molecule has 2 N–H and O–H groups in total. The number of hydrogen-bond acceptors (Lipinski definition) is 7. The van der Waals surface area contributed by atoms with E-state index in [0.29, 0.717) is 21.7 Å². The van der Waals surface area contributed by atoms with Crippen LogP contribution in [-0.2, 0) is 9.59 Å². The topological polar surface area (TPSA) is 108 Å². The molecule has 2 aromatic carbocycles. The predicted molar refractivity (Wildman–Crippen MR) is 126 cm³/mol. The number of aromatic hydroxyl groups is 1. The van der Waals surface area contributed by atoms with Crippen molar-refractivity contribution in [2.75, 3.05) is 4.90 Å². The average molecular weight is 463 g/mol. The Kier molecular flexibility index (Phi) is 5.63. The number of aliphatic hydroxyl groups excluding tert-OH is 1. The van der Waals surface area contributed by atoms with E-state index >= 15 is 0 Å². The van der Waals surface area contributed by atoms with E-state index in [1.807, 2.05) is 26.0 Å². The maximum atomic E-state index is 13.2. The summed E-state index contributed by atoms with van der Waals surface area (Å²) in [7, 11) is 0. The van der Waals surface area contributed by atoms with Crippen LogP contribution in [0.2, 0.25) is 0 Å². The Hall–Kier alpha value is -3.78. The fourth-order valence-electron chi connectivity index (χ4n) is 3.95. The molecule has 0 radical (unpaired) electrons. The number of rotatable bonds is 4. The van der Waals surface area contributed by atoms with Crippen molar-refractivity contribution >= 4 is 39.7 Å². The van der Waals surface area contributed by atoms with Crippen LogP contribution >= 0.6 is 11.3 Å². The first-order chi connectivity index (χ1) is 15.6. The Morgan fingerprint density at radius 1 is 1.06 bits per heavy atom. The number of ketones is 2. The third-order valence-corrected chi connectivity index (χ3v) is 6.87. The summed E-state index contributed by atoms with van der Waals surface area (Å²) in [5, 5.41) is 21.2. The van der Waals surface area contributed by atoms with Crippen LogP contribution < -0.4 is 4.90 Å². The first-order valence-corrected chi connectivity index (χ1v) is 11.1. The zero-order chi connectivity index (χ0) is 24.0. The summed E-state index contributed by atoms with van der Waals surface area (Å²) in [5.74, 6) is -2.14. The fourth-order valence-corrected chi connectivity index (χ4v) is 4.94. The molecule has 168 valence electrons. The fraction of sp³-hybridized carbons (Fsp3) is 0.200. The number of hydrogen-bond donors (Lipinski definition) is 2. The van der Waals surface area contributed by atoms with E-state index in [-0.39, 0.29) is 28.0 Å². The van der Waals surface area contributed by atoms with Crippen molar-refractivity contribution in [1.82, 2.24) is 4.98 Å². The number of phenols is 1. The quantitative estimate of drug-likeness (QED) is 0.254. The molecule has 7 nitrogen and oxygen atoms in total. The highest BCUT2D eigenvalue weighted by atomic mass is 32.1. The SMILES string of the molecule is CC(=O)c1sc(N2C(=O)C(=O)C(=C(O)c3cc(C)ccc3C)[C@@H]2c2ccc(O)cc2)nc1C. The van der Waals surface area contributed by atoms with Gasteiger partial charge in [-0.2, -0.15) is 0 Å². The van der Waals surface area contributed by atoms with Crippen molar-refractivity contribution in [1.29, 1.82) is 0 Å². The molecule has 1 aromatic heterocycles. The van der Waals surface area contributed by atoms with Gasteiger partial charge in [0.15, 0.2) is 10.9 Å². The summed E-state index contributed by atoms with van der Waals surface area (Å²) in [5.41, 5.74) is 2.99. The second-order valence-electron chi connectivity index (χ2n) is 8.05. The van der Waals surface area contributed by atoms with Gasteiger partial charge in [0.2, 0.25) is 0 Å². The molecule has 2 heterocycles. The zero-order valence-corrected chi connectivity index (χ0v) is 19.4. The zero-order valence-electron chi connectivity index (χ0n) is 18.5. The number of aryl methyl sites for hydroxylation is 3. The Balaban J connectivity index is 1.98. The molecule has 3 aromatic rings. The minimum Gasteiger partial charge on any atom is -0.508 e. The highest BCUT2D eigenvalue weighted by Crippen LogP contribution is 2.44. The van der Waals surface area contributed by atoms with Crippen molar-refractivity contribution in [2.45, 2.75) is 33.7 Å². The number of anilines is 1. The third kappa shape index (κ3) is 3.82. The molecule has 0 saturated carbocycles. The second kappa shape index (κ2) is 8.29. The Bertz CT molecular complexity index is 1340. The second-order valence-corrected chi connectivity index (χ2v) is 9.02. The Morgan fingerprint density at radius 2 is 1.73 bits per heavy atom. The molecule has 1 atom stereocenters. The molecule has 1 amide bonds. The van der Waals surface area contributed by atoms with Crippen molar-refractivity contribution in [2.24, 2.45) is 0 Å². The number of thiazole rings is 1. The Morgan fingerprint density at radius 3 is 2.33 bits per heavy atom. The van der Waals surface area contributed by atoms with Gasteiger partial charge in [-0.3, -0.25) is 19.3 Å². The maximum absolute atomic E-state index is 13.2. The molecule has 1 fully saturated rings. The van der Waals surface area contributed by atoms with Gasteiger partial charge in [0.1, 0.15) is 11.5 Å². The molecule has 1 aliphatic heterocycles. The van der Waals surface area contributed by atoms with Gasteiger partial charge in [-0.1, -0.05) is 41.2 Å². The number of nitrogens with zero attached hydrogens (tertiary/aromatic N) is 2. The number of aromatic nitrogens is 1. The lowest BCUT2D eigenvalue weighted by Gasteiger charge is -2.23. The van der Waals surface area contributed by atoms with E-state index in [1.165, 1.54) is 24.0 Å². The van der Waals surface area contributed by atoms with Gasteiger partial charge in [-0.25, -0.2) is 4.98 Å². The van der Waals surface area contributed by atoms with E-state index in [0.717, 1.165) is 22.5 Å². The molecule has 1 aliphatic rings. The lowest BCUT2D eigenvalue weighted by molar-refractivity contribution is -0.132. The summed E-state index contributed by atoms with van der Waals surface area (Å²) in [6, 6.07) is 10.6. The van der Waals surface area contributed by atoms with Gasteiger partial charge < -0.3 is 10.2 Å². The highest BCUT2D eigenvalue weighted by Gasteiger charge is 2.48. The molecule has 0 bridgehead atoms. The molecule has 0 aliphatic carbocycles. The minimum absolute atomic E-state index is 0.0224. The normalized spacial score (nSPS) is 17.6. The molecule has 33 heavy (non-hydrogen) atoms. The smallest absolute Gasteiger partial charge is 0.301 e. The van der Waals surface area contributed by atoms with Crippen molar-refractivity contribution in [3.05, 3.63) is 80.9 Å². The van der Waals surface area contributed by atoms with Gasteiger partial charge in [-0.15, -0.1) is 0 Å². The van der Waals surface area contributed by atoms with Crippen LogP contribution in [0.3, 0.4) is 0 Å². The van der Waals surface area contributed by atoms with Crippen molar-refractivity contribution in [3.8, 4) is 5.75 Å². The van der Waals surface area contributed by atoms with Gasteiger partial charge in [0, 0.05) is 12.5 Å². The number of phenolic OH excluding ortho intramolecular Hbond substituents is 1. The van der Waals surface area contributed by atoms with E-state index in [9.17, 15) is 24.6 Å². The van der Waals surface area contributed by atoms with E-state index in [2.05, 4.69) is 4.98 Å². The van der Waals surface area contributed by atoms with Crippen LogP contribution in [0.1, 0.15) is 50.6 Å². The molecular formula is C25H22N2O5S. The summed E-state index contributed by atoms with van der Waals surface area (Å²) in [6.45, 7) is 6.76. The van der Waals surface area contributed by atoms with Crippen molar-refractivity contribution in [3.63, 3.8) is 0 Å². The number of benzene rings is 2. The van der Waals surface area contributed by atoms with Gasteiger partial charge in [-0.05, 0) is 50.1 Å². The number of aliphatic hydroxyl groups is 1. The number of carbonyl (C=O) groups is 3. The van der Waals surface area contributed by atoms with Gasteiger partial charge >= 0.3 is 5.91 Å². The third-order valence-electron chi connectivity index (χ3n) is 5.61. The number of Topliss-reactive ketones (excluding diaryl/α,β-unsaturated/α-hetero) is 2. The lowest BCUT2D eigenvalue weighted by atomic mass is 9.93. The summed E-state index contributed by atoms with van der Waals surface area (Å²) in [6.07, 6.45) is 0. The lowest BCUT2D eigenvalue weighted by Crippen LogP contribution is -2.29. The highest BCUT2D eigenvalue weighted by molar-refractivity contribution is 7.18. The molecule has 0 unspecified atom stereocenters. The van der Waals surface area contributed by atoms with Crippen LogP contribution in [0.25, 0.3) is 5.76 Å². The first-order valence-electron chi connectivity index (χ1n) is 10.3. The van der Waals surface area contributed by atoms with E-state index < -0.39 is 17.7 Å². The maximum Gasteiger partial charge on any atom is 0.301 e. The molecule has 1 saturated heterocycles. The Labute approximate surface area is 194 Å². The number of amides is 1. The van der Waals surface area contributed by atoms with Crippen LogP contribution in [0.4, 0.5) is 5.13 Å². The summed E-state index contributed by atoms with van der Waals surface area (Å²) < 4.78 is 0. The van der Waals surface area contributed by atoms with Crippen LogP contribution in [-0.4, -0.2) is 32.7 Å². The summed E-state index contributed by atoms with van der Waals surface area (Å²) in [4.78, 5) is 44.4.